The molecular formula is C11H17N3O2S2. The van der Waals surface area contributed by atoms with Gasteiger partial charge in [0.25, 0.3) is 0 Å². The highest BCUT2D eigenvalue weighted by molar-refractivity contribution is 8.00. The molecule has 2 N–H and O–H groups in total. The van der Waals surface area contributed by atoms with E-state index < -0.39 is 15.2 Å². The maximum absolute atomic E-state index is 11.7. The van der Waals surface area contributed by atoms with Crippen molar-refractivity contribution in [3.8, 4) is 0 Å². The molecule has 18 heavy (non-hydrogen) atoms. The SMILES string of the molecule is CS(=O)(=O)C1CSCCN1Cc1ccc(N)cn1. The fourth-order valence-corrected chi connectivity index (χ4v) is 4.87. The number of hydrogen-bond donors (Lipinski definition) is 1. The highest BCUT2D eigenvalue weighted by Crippen LogP contribution is 2.22. The summed E-state index contributed by atoms with van der Waals surface area (Å²) in [4.78, 5) is 6.20. The Kier molecular flexibility index (Phi) is 4.14. The van der Waals surface area contributed by atoms with Crippen LogP contribution in [-0.2, 0) is 16.4 Å². The first-order valence-electron chi connectivity index (χ1n) is 5.68. The van der Waals surface area contributed by atoms with Gasteiger partial charge in [-0.25, -0.2) is 8.42 Å². The summed E-state index contributed by atoms with van der Waals surface area (Å²) in [6, 6.07) is 3.63. The molecule has 0 spiro atoms. The number of nitrogens with zero attached hydrogens (tertiary/aromatic N) is 2. The lowest BCUT2D eigenvalue weighted by atomic mass is 10.3. The molecule has 2 heterocycles. The molecule has 1 saturated heterocycles. The fourth-order valence-electron chi connectivity index (χ4n) is 1.93. The second-order valence-corrected chi connectivity index (χ2v) is 7.77. The number of nitrogens with two attached hydrogens (primary N) is 1. The quantitative estimate of drug-likeness (QED) is 0.876. The van der Waals surface area contributed by atoms with Gasteiger partial charge in [0.1, 0.15) is 5.37 Å². The lowest BCUT2D eigenvalue weighted by Gasteiger charge is -2.33. The molecule has 0 aliphatic carbocycles. The van der Waals surface area contributed by atoms with Crippen LogP contribution < -0.4 is 5.73 Å². The average Bonchev–Trinajstić information content (AvgIpc) is 2.31. The Morgan fingerprint density at radius 1 is 1.56 bits per heavy atom. The van der Waals surface area contributed by atoms with E-state index in [0.29, 0.717) is 18.0 Å². The predicted molar refractivity (Wildman–Crippen MR) is 75.0 cm³/mol. The van der Waals surface area contributed by atoms with E-state index in [-0.39, 0.29) is 0 Å². The van der Waals surface area contributed by atoms with Crippen molar-refractivity contribution in [2.24, 2.45) is 0 Å². The van der Waals surface area contributed by atoms with Crippen molar-refractivity contribution < 1.29 is 8.42 Å². The minimum Gasteiger partial charge on any atom is -0.397 e. The number of aromatic nitrogens is 1. The Labute approximate surface area is 112 Å². The molecule has 7 heteroatoms. The van der Waals surface area contributed by atoms with Crippen LogP contribution in [0.15, 0.2) is 18.3 Å². The second kappa shape index (κ2) is 5.46. The Bertz CT molecular complexity index is 502. The highest BCUT2D eigenvalue weighted by atomic mass is 32.2. The van der Waals surface area contributed by atoms with Crippen LogP contribution in [0.5, 0.6) is 0 Å². The molecule has 2 rings (SSSR count). The average molecular weight is 287 g/mol. The smallest absolute Gasteiger partial charge is 0.164 e. The normalized spacial score (nSPS) is 21.9. The second-order valence-electron chi connectivity index (χ2n) is 4.41. The lowest BCUT2D eigenvalue weighted by Crippen LogP contribution is -2.46. The van der Waals surface area contributed by atoms with Gasteiger partial charge in [0.05, 0.1) is 17.6 Å². The van der Waals surface area contributed by atoms with Crippen molar-refractivity contribution >= 4 is 27.3 Å². The standard InChI is InChI=1S/C11H17N3O2S2/c1-18(15,16)11-8-17-5-4-14(11)7-10-3-2-9(12)6-13-10/h2-3,6,11H,4-5,7-8,12H2,1H3. The number of pyridine rings is 1. The molecule has 5 nitrogen and oxygen atoms in total. The maximum atomic E-state index is 11.7. The van der Waals surface area contributed by atoms with Gasteiger partial charge in [-0.3, -0.25) is 9.88 Å². The zero-order chi connectivity index (χ0) is 13.2. The molecular weight excluding hydrogens is 270 g/mol. The topological polar surface area (TPSA) is 76.3 Å². The predicted octanol–water partition coefficient (Wildman–Crippen LogP) is 0.583. The van der Waals surface area contributed by atoms with Crippen LogP contribution in [0.1, 0.15) is 5.69 Å². The molecule has 1 fully saturated rings. The minimum absolute atomic E-state index is 0.407. The van der Waals surface area contributed by atoms with Gasteiger partial charge in [0.2, 0.25) is 0 Å². The van der Waals surface area contributed by atoms with E-state index in [1.165, 1.54) is 6.26 Å². The van der Waals surface area contributed by atoms with E-state index in [1.54, 1.807) is 24.0 Å². The van der Waals surface area contributed by atoms with Gasteiger partial charge >= 0.3 is 0 Å². The molecule has 1 aromatic rings. The largest absolute Gasteiger partial charge is 0.397 e. The monoisotopic (exact) mass is 287 g/mol. The van der Waals surface area contributed by atoms with Gasteiger partial charge in [-0.05, 0) is 12.1 Å². The third-order valence-corrected chi connectivity index (χ3v) is 5.58. The van der Waals surface area contributed by atoms with Crippen LogP contribution in [0.25, 0.3) is 0 Å². The first-order chi connectivity index (χ1) is 8.47. The van der Waals surface area contributed by atoms with Crippen LogP contribution in [0.3, 0.4) is 0 Å². The summed E-state index contributed by atoms with van der Waals surface area (Å²) in [5.74, 6) is 1.59. The van der Waals surface area contributed by atoms with Gasteiger partial charge in [-0.15, -0.1) is 0 Å². The number of anilines is 1. The molecule has 100 valence electrons. The van der Waals surface area contributed by atoms with Crippen molar-refractivity contribution in [1.82, 2.24) is 9.88 Å². The Hall–Kier alpha value is -0.790. The molecule has 1 aliphatic heterocycles. The van der Waals surface area contributed by atoms with Gasteiger partial charge in [0, 0.05) is 30.9 Å². The molecule has 1 unspecified atom stereocenters. The van der Waals surface area contributed by atoms with Gasteiger partial charge < -0.3 is 5.73 Å². The summed E-state index contributed by atoms with van der Waals surface area (Å²) in [5, 5.41) is -0.407. The van der Waals surface area contributed by atoms with Gasteiger partial charge in [-0.2, -0.15) is 11.8 Å². The summed E-state index contributed by atoms with van der Waals surface area (Å²) in [6.45, 7) is 1.33. The third-order valence-electron chi connectivity index (χ3n) is 2.90. The number of nitrogen functional groups attached to an aromatic ring is 1. The molecule has 0 aromatic carbocycles. The Balaban J connectivity index is 2.13. The first-order valence-corrected chi connectivity index (χ1v) is 8.79. The molecule has 0 bridgehead atoms. The molecule has 1 aliphatic rings. The number of thioether (sulfide) groups is 1. The number of rotatable bonds is 3. The van der Waals surface area contributed by atoms with Crippen molar-refractivity contribution in [3.05, 3.63) is 24.0 Å². The third kappa shape index (κ3) is 3.37. The summed E-state index contributed by atoms with van der Waals surface area (Å²) in [5.41, 5.74) is 7.05. The minimum atomic E-state index is -3.05. The zero-order valence-corrected chi connectivity index (χ0v) is 11.9. The van der Waals surface area contributed by atoms with E-state index in [4.69, 9.17) is 5.73 Å². The summed E-state index contributed by atoms with van der Waals surface area (Å²) < 4.78 is 23.5. The van der Waals surface area contributed by atoms with E-state index in [9.17, 15) is 8.42 Å². The Morgan fingerprint density at radius 3 is 2.94 bits per heavy atom. The van der Waals surface area contributed by atoms with Crippen molar-refractivity contribution in [3.63, 3.8) is 0 Å². The maximum Gasteiger partial charge on any atom is 0.164 e. The fraction of sp³-hybridized carbons (Fsp3) is 0.545. The van der Waals surface area contributed by atoms with E-state index in [0.717, 1.165) is 18.0 Å². The molecule has 0 amide bonds. The van der Waals surface area contributed by atoms with Crippen LogP contribution in [-0.4, -0.2) is 48.0 Å². The van der Waals surface area contributed by atoms with E-state index in [2.05, 4.69) is 4.98 Å². The Morgan fingerprint density at radius 2 is 2.33 bits per heavy atom. The number of hydrogen-bond acceptors (Lipinski definition) is 6. The van der Waals surface area contributed by atoms with Crippen LogP contribution in [0.2, 0.25) is 0 Å². The molecule has 0 radical (unpaired) electrons. The van der Waals surface area contributed by atoms with Gasteiger partial charge in [-0.1, -0.05) is 0 Å². The lowest BCUT2D eigenvalue weighted by molar-refractivity contribution is 0.259. The van der Waals surface area contributed by atoms with Crippen molar-refractivity contribution in [2.75, 3.05) is 30.0 Å². The number of sulfone groups is 1. The van der Waals surface area contributed by atoms with Crippen molar-refractivity contribution in [1.29, 1.82) is 0 Å². The summed E-state index contributed by atoms with van der Waals surface area (Å²) in [7, 11) is -3.05. The van der Waals surface area contributed by atoms with E-state index >= 15 is 0 Å². The van der Waals surface area contributed by atoms with Crippen LogP contribution >= 0.6 is 11.8 Å². The van der Waals surface area contributed by atoms with Crippen LogP contribution in [0.4, 0.5) is 5.69 Å². The van der Waals surface area contributed by atoms with Crippen molar-refractivity contribution in [2.45, 2.75) is 11.9 Å². The summed E-state index contributed by atoms with van der Waals surface area (Å²) >= 11 is 1.69. The van der Waals surface area contributed by atoms with E-state index in [1.807, 2.05) is 11.0 Å². The zero-order valence-electron chi connectivity index (χ0n) is 10.2. The highest BCUT2D eigenvalue weighted by Gasteiger charge is 2.30. The van der Waals surface area contributed by atoms with Crippen LogP contribution in [0, 0.1) is 0 Å². The van der Waals surface area contributed by atoms with Gasteiger partial charge in [0.15, 0.2) is 9.84 Å². The molecule has 1 aromatic heterocycles. The molecule has 0 saturated carbocycles. The first kappa shape index (κ1) is 13.6. The summed E-state index contributed by atoms with van der Waals surface area (Å²) in [6.07, 6.45) is 2.90. The molecule has 1 atom stereocenters.